The molecule has 1 N–H and O–H groups in total. The number of likely N-dealkylation sites (tertiary alicyclic amines) is 1. The Hall–Kier alpha value is -1.56. The summed E-state index contributed by atoms with van der Waals surface area (Å²) in [5.41, 5.74) is 1.00. The van der Waals surface area contributed by atoms with Gasteiger partial charge in [-0.3, -0.25) is 14.6 Å². The van der Waals surface area contributed by atoms with Gasteiger partial charge in [-0.2, -0.15) is 11.8 Å². The van der Waals surface area contributed by atoms with Crippen LogP contribution in [-0.4, -0.2) is 46.3 Å². The van der Waals surface area contributed by atoms with Crippen LogP contribution >= 0.6 is 11.8 Å². The van der Waals surface area contributed by atoms with E-state index >= 15 is 0 Å². The van der Waals surface area contributed by atoms with E-state index in [9.17, 15) is 9.59 Å². The highest BCUT2D eigenvalue weighted by Crippen LogP contribution is 2.23. The number of carbonyl (C=O) groups is 2. The largest absolute Gasteiger partial charge is 0.337 e. The van der Waals surface area contributed by atoms with Crippen LogP contribution in [0, 0.1) is 0 Å². The Kier molecular flexibility index (Phi) is 5.61. The second-order valence-electron chi connectivity index (χ2n) is 5.21. The molecule has 0 bridgehead atoms. The Bertz CT molecular complexity index is 521. The van der Waals surface area contributed by atoms with Gasteiger partial charge in [-0.05, 0) is 25.2 Å². The van der Waals surface area contributed by atoms with Crippen LogP contribution in [0.25, 0.3) is 0 Å². The summed E-state index contributed by atoms with van der Waals surface area (Å²) in [5, 5.41) is 3.17. The summed E-state index contributed by atoms with van der Waals surface area (Å²) in [6, 6.07) is 1.67. The number of pyridine rings is 1. The van der Waals surface area contributed by atoms with Crippen LogP contribution in [0.15, 0.2) is 18.5 Å². The Labute approximate surface area is 129 Å². The van der Waals surface area contributed by atoms with Gasteiger partial charge in [0, 0.05) is 31.5 Å². The maximum Gasteiger partial charge on any atom is 0.256 e. The molecule has 1 fully saturated rings. The fraction of sp³-hybridized carbons (Fsp3) is 0.533. The number of hydrogen-bond acceptors (Lipinski definition) is 4. The lowest BCUT2D eigenvalue weighted by Crippen LogP contribution is -2.36. The molecule has 0 aromatic carbocycles. The van der Waals surface area contributed by atoms with Gasteiger partial charge in [-0.15, -0.1) is 0 Å². The predicted molar refractivity (Wildman–Crippen MR) is 85.6 cm³/mol. The van der Waals surface area contributed by atoms with Crippen LogP contribution in [0.5, 0.6) is 0 Å². The highest BCUT2D eigenvalue weighted by atomic mass is 32.2. The number of anilines is 1. The van der Waals surface area contributed by atoms with E-state index in [2.05, 4.69) is 16.6 Å². The molecule has 1 aromatic rings. The smallest absolute Gasteiger partial charge is 0.256 e. The Morgan fingerprint density at radius 2 is 2.24 bits per heavy atom. The van der Waals surface area contributed by atoms with E-state index in [0.29, 0.717) is 16.5 Å². The number of rotatable bonds is 3. The number of carbonyl (C=O) groups excluding carboxylic acids is 2. The molecule has 114 valence electrons. The van der Waals surface area contributed by atoms with Gasteiger partial charge in [0.05, 0.1) is 17.4 Å². The van der Waals surface area contributed by atoms with Crippen LogP contribution in [0.1, 0.15) is 36.5 Å². The van der Waals surface area contributed by atoms with Crippen molar-refractivity contribution in [2.24, 2.45) is 0 Å². The van der Waals surface area contributed by atoms with Gasteiger partial charge in [-0.1, -0.05) is 6.42 Å². The fourth-order valence-electron chi connectivity index (χ4n) is 2.52. The molecule has 6 heteroatoms. The second-order valence-corrected chi connectivity index (χ2v) is 6.35. The first-order chi connectivity index (χ1) is 10.1. The number of nitrogens with one attached hydrogen (secondary N) is 1. The predicted octanol–water partition coefficient (Wildman–Crippen LogP) is 2.40. The third-order valence-corrected chi connectivity index (χ3v) is 4.66. The fourth-order valence-corrected chi connectivity index (χ4v) is 3.25. The Balaban J connectivity index is 2.20. The van der Waals surface area contributed by atoms with Gasteiger partial charge in [-0.25, -0.2) is 0 Å². The van der Waals surface area contributed by atoms with E-state index in [0.717, 1.165) is 32.4 Å². The summed E-state index contributed by atoms with van der Waals surface area (Å²) >= 11 is 1.81. The molecule has 0 radical (unpaired) electrons. The summed E-state index contributed by atoms with van der Waals surface area (Å²) in [6.07, 6.45) is 8.54. The molecule has 1 saturated heterocycles. The van der Waals surface area contributed by atoms with Crippen molar-refractivity contribution in [2.75, 3.05) is 24.7 Å². The van der Waals surface area contributed by atoms with E-state index < -0.39 is 0 Å². The van der Waals surface area contributed by atoms with Crippen molar-refractivity contribution in [1.29, 1.82) is 0 Å². The molecular formula is C15H21N3O2S. The molecule has 0 aliphatic carbocycles. The van der Waals surface area contributed by atoms with Crippen molar-refractivity contribution < 1.29 is 9.59 Å². The molecule has 1 aliphatic rings. The van der Waals surface area contributed by atoms with Crippen molar-refractivity contribution in [1.82, 2.24) is 9.88 Å². The molecular weight excluding hydrogens is 286 g/mol. The minimum absolute atomic E-state index is 0.0258. The lowest BCUT2D eigenvalue weighted by molar-refractivity contribution is -0.114. The minimum atomic E-state index is -0.199. The normalized spacial score (nSPS) is 19.0. The van der Waals surface area contributed by atoms with Crippen molar-refractivity contribution in [2.45, 2.75) is 31.4 Å². The van der Waals surface area contributed by atoms with Gasteiger partial charge < -0.3 is 10.2 Å². The second kappa shape index (κ2) is 7.45. The highest BCUT2D eigenvalue weighted by molar-refractivity contribution is 7.99. The van der Waals surface area contributed by atoms with Crippen molar-refractivity contribution in [3.05, 3.63) is 24.0 Å². The monoisotopic (exact) mass is 307 g/mol. The summed E-state index contributed by atoms with van der Waals surface area (Å²) in [7, 11) is 0. The first-order valence-electron chi connectivity index (χ1n) is 7.15. The number of thioether (sulfide) groups is 1. The van der Waals surface area contributed by atoms with Crippen molar-refractivity contribution >= 4 is 29.3 Å². The number of hydrogen-bond donors (Lipinski definition) is 1. The zero-order chi connectivity index (χ0) is 15.2. The third kappa shape index (κ3) is 4.20. The SMILES string of the molecule is CSC1CCCCN(C(=O)c2ccncc2NC(C)=O)C1. The van der Waals surface area contributed by atoms with Crippen LogP contribution in [-0.2, 0) is 4.79 Å². The van der Waals surface area contributed by atoms with Crippen LogP contribution in [0.2, 0.25) is 0 Å². The average Bonchev–Trinajstić information content (AvgIpc) is 2.72. The molecule has 2 rings (SSSR count). The maximum absolute atomic E-state index is 12.8. The summed E-state index contributed by atoms with van der Waals surface area (Å²) in [5.74, 6) is -0.225. The first-order valence-corrected chi connectivity index (χ1v) is 8.44. The quantitative estimate of drug-likeness (QED) is 0.931. The van der Waals surface area contributed by atoms with Crippen LogP contribution in [0.3, 0.4) is 0 Å². The molecule has 21 heavy (non-hydrogen) atoms. The number of aromatic nitrogens is 1. The summed E-state index contributed by atoms with van der Waals surface area (Å²) < 4.78 is 0. The molecule has 1 atom stereocenters. The van der Waals surface area contributed by atoms with Gasteiger partial charge in [0.1, 0.15) is 0 Å². The van der Waals surface area contributed by atoms with Crippen molar-refractivity contribution in [3.63, 3.8) is 0 Å². The van der Waals surface area contributed by atoms with Crippen LogP contribution < -0.4 is 5.32 Å². The van der Waals surface area contributed by atoms with E-state index in [1.165, 1.54) is 13.1 Å². The van der Waals surface area contributed by atoms with Gasteiger partial charge >= 0.3 is 0 Å². The standard InChI is InChI=1S/C15H21N3O2S/c1-11(19)17-14-9-16-7-6-13(14)15(20)18-8-4-3-5-12(10-18)21-2/h6-7,9,12H,3-5,8,10H2,1-2H3,(H,17,19). The Morgan fingerprint density at radius 1 is 1.43 bits per heavy atom. The molecule has 0 saturated carbocycles. The van der Waals surface area contributed by atoms with Gasteiger partial charge in [0.15, 0.2) is 0 Å². The molecule has 5 nitrogen and oxygen atoms in total. The lowest BCUT2D eigenvalue weighted by atomic mass is 10.2. The van der Waals surface area contributed by atoms with E-state index in [4.69, 9.17) is 0 Å². The topological polar surface area (TPSA) is 62.3 Å². The maximum atomic E-state index is 12.8. The zero-order valence-corrected chi connectivity index (χ0v) is 13.3. The van der Waals surface area contributed by atoms with Crippen molar-refractivity contribution in [3.8, 4) is 0 Å². The number of nitrogens with zero attached hydrogens (tertiary/aromatic N) is 2. The molecule has 2 amide bonds. The summed E-state index contributed by atoms with van der Waals surface area (Å²) in [4.78, 5) is 29.9. The molecule has 1 unspecified atom stereocenters. The Morgan fingerprint density at radius 3 is 2.95 bits per heavy atom. The van der Waals surface area contributed by atoms with E-state index in [1.807, 2.05) is 16.7 Å². The van der Waals surface area contributed by atoms with E-state index in [1.54, 1.807) is 12.3 Å². The minimum Gasteiger partial charge on any atom is -0.337 e. The molecule has 2 heterocycles. The first kappa shape index (κ1) is 15.8. The summed E-state index contributed by atoms with van der Waals surface area (Å²) in [6.45, 7) is 2.97. The zero-order valence-electron chi connectivity index (χ0n) is 12.5. The molecule has 1 aliphatic heterocycles. The highest BCUT2D eigenvalue weighted by Gasteiger charge is 2.24. The van der Waals surface area contributed by atoms with Gasteiger partial charge in [0.25, 0.3) is 5.91 Å². The lowest BCUT2D eigenvalue weighted by Gasteiger charge is -2.24. The molecule has 0 spiro atoms. The molecule has 1 aromatic heterocycles. The van der Waals surface area contributed by atoms with Gasteiger partial charge in [0.2, 0.25) is 5.91 Å². The number of amides is 2. The average molecular weight is 307 g/mol. The van der Waals surface area contributed by atoms with Crippen LogP contribution in [0.4, 0.5) is 5.69 Å². The third-order valence-electron chi connectivity index (χ3n) is 3.61. The van der Waals surface area contributed by atoms with E-state index in [-0.39, 0.29) is 11.8 Å².